The Bertz CT molecular complexity index is 615. The van der Waals surface area contributed by atoms with Gasteiger partial charge >= 0.3 is 0 Å². The van der Waals surface area contributed by atoms with Gasteiger partial charge in [0, 0.05) is 6.54 Å². The third kappa shape index (κ3) is 3.56. The largest absolute Gasteiger partial charge is 0.380 e. The molecule has 0 amide bonds. The predicted molar refractivity (Wildman–Crippen MR) is 77.6 cm³/mol. The summed E-state index contributed by atoms with van der Waals surface area (Å²) in [4.78, 5) is 0. The SMILES string of the molecule is N#Cc1cc(F)ccc1NCc1ccc(CCN)cc1. The van der Waals surface area contributed by atoms with E-state index in [1.165, 1.54) is 17.7 Å². The van der Waals surface area contributed by atoms with Gasteiger partial charge in [0.15, 0.2) is 0 Å². The molecule has 0 aliphatic carbocycles. The number of nitrogens with two attached hydrogens (primary N) is 1. The van der Waals surface area contributed by atoms with Crippen LogP contribution in [0.4, 0.5) is 10.1 Å². The first kappa shape index (κ1) is 14.0. The van der Waals surface area contributed by atoms with Gasteiger partial charge in [0.1, 0.15) is 11.9 Å². The fourth-order valence-corrected chi connectivity index (χ4v) is 1.95. The van der Waals surface area contributed by atoms with Crippen LogP contribution in [0.2, 0.25) is 0 Å². The van der Waals surface area contributed by atoms with E-state index in [-0.39, 0.29) is 0 Å². The Morgan fingerprint density at radius 3 is 2.45 bits per heavy atom. The highest BCUT2D eigenvalue weighted by molar-refractivity contribution is 5.57. The standard InChI is InChI=1S/C16H16FN3/c17-15-5-6-16(14(9-15)10-19)20-11-13-3-1-12(2-4-13)7-8-18/h1-6,9,20H,7-8,11,18H2. The second-order valence-corrected chi connectivity index (χ2v) is 4.51. The van der Waals surface area contributed by atoms with Crippen molar-refractivity contribution in [2.45, 2.75) is 13.0 Å². The van der Waals surface area contributed by atoms with Crippen LogP contribution in [0.5, 0.6) is 0 Å². The Morgan fingerprint density at radius 2 is 1.80 bits per heavy atom. The van der Waals surface area contributed by atoms with Gasteiger partial charge in [-0.2, -0.15) is 5.26 Å². The van der Waals surface area contributed by atoms with Crippen molar-refractivity contribution in [3.8, 4) is 6.07 Å². The second kappa shape index (κ2) is 6.69. The summed E-state index contributed by atoms with van der Waals surface area (Å²) < 4.78 is 13.0. The van der Waals surface area contributed by atoms with Crippen LogP contribution in [0, 0.1) is 17.1 Å². The lowest BCUT2D eigenvalue weighted by Gasteiger charge is -2.09. The molecule has 3 N–H and O–H groups in total. The maximum absolute atomic E-state index is 13.0. The first-order valence-corrected chi connectivity index (χ1v) is 6.44. The zero-order valence-electron chi connectivity index (χ0n) is 11.1. The van der Waals surface area contributed by atoms with Crippen LogP contribution in [0.1, 0.15) is 16.7 Å². The maximum Gasteiger partial charge on any atom is 0.124 e. The summed E-state index contributed by atoms with van der Waals surface area (Å²) in [6, 6.07) is 14.3. The van der Waals surface area contributed by atoms with E-state index in [4.69, 9.17) is 11.0 Å². The molecule has 0 aliphatic heterocycles. The summed E-state index contributed by atoms with van der Waals surface area (Å²) in [6.07, 6.45) is 0.865. The molecule has 0 radical (unpaired) electrons. The fourth-order valence-electron chi connectivity index (χ4n) is 1.95. The first-order valence-electron chi connectivity index (χ1n) is 6.44. The number of anilines is 1. The third-order valence-corrected chi connectivity index (χ3v) is 3.04. The van der Waals surface area contributed by atoms with Crippen LogP contribution in [-0.2, 0) is 13.0 Å². The molecule has 0 unspecified atom stereocenters. The van der Waals surface area contributed by atoms with Gasteiger partial charge in [0.25, 0.3) is 0 Å². The van der Waals surface area contributed by atoms with E-state index in [1.54, 1.807) is 6.07 Å². The van der Waals surface area contributed by atoms with Gasteiger partial charge < -0.3 is 11.1 Å². The molecule has 102 valence electrons. The average Bonchev–Trinajstić information content (AvgIpc) is 2.47. The lowest BCUT2D eigenvalue weighted by atomic mass is 10.1. The quantitative estimate of drug-likeness (QED) is 0.877. The number of nitriles is 1. The minimum Gasteiger partial charge on any atom is -0.380 e. The molecule has 20 heavy (non-hydrogen) atoms. The van der Waals surface area contributed by atoms with Gasteiger partial charge in [-0.3, -0.25) is 0 Å². The molecule has 0 heterocycles. The van der Waals surface area contributed by atoms with Crippen molar-refractivity contribution < 1.29 is 4.39 Å². The van der Waals surface area contributed by atoms with Crippen LogP contribution in [0.15, 0.2) is 42.5 Å². The number of rotatable bonds is 5. The molecule has 3 nitrogen and oxygen atoms in total. The summed E-state index contributed by atoms with van der Waals surface area (Å²) in [7, 11) is 0. The van der Waals surface area contributed by atoms with Crippen LogP contribution in [-0.4, -0.2) is 6.54 Å². The van der Waals surface area contributed by atoms with E-state index in [0.29, 0.717) is 24.3 Å². The van der Waals surface area contributed by atoms with Crippen molar-refractivity contribution >= 4 is 5.69 Å². The molecule has 0 bridgehead atoms. The Balaban J connectivity index is 2.03. The number of nitrogens with zero attached hydrogens (tertiary/aromatic N) is 1. The average molecular weight is 269 g/mol. The van der Waals surface area contributed by atoms with Crippen molar-refractivity contribution in [1.82, 2.24) is 0 Å². The topological polar surface area (TPSA) is 61.8 Å². The number of benzene rings is 2. The predicted octanol–water partition coefficient (Wildman–Crippen LogP) is 2.81. The molecule has 0 aliphatic rings. The number of hydrogen-bond acceptors (Lipinski definition) is 3. The summed E-state index contributed by atoms with van der Waals surface area (Å²) in [5.41, 5.74) is 8.75. The van der Waals surface area contributed by atoms with Gasteiger partial charge in [0.2, 0.25) is 0 Å². The monoisotopic (exact) mass is 269 g/mol. The van der Waals surface area contributed by atoms with E-state index < -0.39 is 5.82 Å². The van der Waals surface area contributed by atoms with E-state index in [1.807, 2.05) is 30.3 Å². The van der Waals surface area contributed by atoms with Crippen molar-refractivity contribution in [2.75, 3.05) is 11.9 Å². The Hall–Kier alpha value is -2.38. The summed E-state index contributed by atoms with van der Waals surface area (Å²) >= 11 is 0. The lowest BCUT2D eigenvalue weighted by Crippen LogP contribution is -2.04. The smallest absolute Gasteiger partial charge is 0.124 e. The molecule has 0 atom stereocenters. The van der Waals surface area contributed by atoms with Gasteiger partial charge in [0.05, 0.1) is 11.3 Å². The normalized spacial score (nSPS) is 10.1. The van der Waals surface area contributed by atoms with Gasteiger partial charge in [-0.1, -0.05) is 24.3 Å². The van der Waals surface area contributed by atoms with E-state index in [9.17, 15) is 4.39 Å². The Morgan fingerprint density at radius 1 is 1.10 bits per heavy atom. The van der Waals surface area contributed by atoms with Crippen molar-refractivity contribution in [3.63, 3.8) is 0 Å². The van der Waals surface area contributed by atoms with Crippen LogP contribution >= 0.6 is 0 Å². The zero-order chi connectivity index (χ0) is 14.4. The molecule has 2 aromatic carbocycles. The molecular formula is C16H16FN3. The minimum atomic E-state index is -0.404. The summed E-state index contributed by atoms with van der Waals surface area (Å²) in [5.74, 6) is -0.404. The number of nitrogens with one attached hydrogen (secondary N) is 1. The van der Waals surface area contributed by atoms with Crippen LogP contribution in [0.3, 0.4) is 0 Å². The number of hydrogen-bond donors (Lipinski definition) is 2. The summed E-state index contributed by atoms with van der Waals surface area (Å²) in [6.45, 7) is 1.22. The zero-order valence-corrected chi connectivity index (χ0v) is 11.1. The molecule has 0 saturated carbocycles. The lowest BCUT2D eigenvalue weighted by molar-refractivity contribution is 0.627. The van der Waals surface area contributed by atoms with Crippen molar-refractivity contribution in [1.29, 1.82) is 5.26 Å². The van der Waals surface area contributed by atoms with Crippen LogP contribution in [0.25, 0.3) is 0 Å². The molecule has 2 aromatic rings. The van der Waals surface area contributed by atoms with Gasteiger partial charge in [-0.15, -0.1) is 0 Å². The Labute approximate surface area is 117 Å². The van der Waals surface area contributed by atoms with E-state index >= 15 is 0 Å². The second-order valence-electron chi connectivity index (χ2n) is 4.51. The van der Waals surface area contributed by atoms with Crippen molar-refractivity contribution in [3.05, 3.63) is 65.0 Å². The minimum absolute atomic E-state index is 0.310. The Kier molecular flexibility index (Phi) is 4.70. The first-order chi connectivity index (χ1) is 9.72. The van der Waals surface area contributed by atoms with Gasteiger partial charge in [-0.05, 0) is 42.3 Å². The molecule has 4 heteroatoms. The summed E-state index contributed by atoms with van der Waals surface area (Å²) in [5, 5.41) is 12.1. The van der Waals surface area contributed by atoms with Crippen LogP contribution < -0.4 is 11.1 Å². The molecule has 2 rings (SSSR count). The van der Waals surface area contributed by atoms with E-state index in [0.717, 1.165) is 12.0 Å². The number of halogens is 1. The molecule has 0 spiro atoms. The molecular weight excluding hydrogens is 253 g/mol. The molecule has 0 saturated heterocycles. The van der Waals surface area contributed by atoms with Gasteiger partial charge in [-0.25, -0.2) is 4.39 Å². The highest BCUT2D eigenvalue weighted by Crippen LogP contribution is 2.17. The third-order valence-electron chi connectivity index (χ3n) is 3.04. The van der Waals surface area contributed by atoms with Crippen molar-refractivity contribution in [2.24, 2.45) is 5.73 Å². The molecule has 0 fully saturated rings. The highest BCUT2D eigenvalue weighted by Gasteiger charge is 2.03. The fraction of sp³-hybridized carbons (Fsp3) is 0.188. The highest BCUT2D eigenvalue weighted by atomic mass is 19.1. The maximum atomic E-state index is 13.0. The molecule has 0 aromatic heterocycles. The van der Waals surface area contributed by atoms with E-state index in [2.05, 4.69) is 5.32 Å².